The molecule has 0 bridgehead atoms. The lowest BCUT2D eigenvalue weighted by Gasteiger charge is -2.43. The van der Waals surface area contributed by atoms with Crippen molar-refractivity contribution in [2.24, 2.45) is 0 Å². The normalized spacial score (nSPS) is 23.3. The fraction of sp³-hybridized carbons (Fsp3) is 0.357. The minimum absolute atomic E-state index is 0.122. The zero-order valence-corrected chi connectivity index (χ0v) is 18.0. The van der Waals surface area contributed by atoms with Crippen molar-refractivity contribution in [1.82, 2.24) is 4.90 Å². The first-order chi connectivity index (χ1) is 15.2. The number of benzene rings is 3. The van der Waals surface area contributed by atoms with E-state index in [2.05, 4.69) is 71.6 Å². The lowest BCUT2D eigenvalue weighted by atomic mass is 9.70. The highest BCUT2D eigenvalue weighted by atomic mass is 16.5. The van der Waals surface area contributed by atoms with Crippen LogP contribution in [0, 0.1) is 0 Å². The molecule has 0 radical (unpaired) electrons. The third kappa shape index (κ3) is 3.94. The van der Waals surface area contributed by atoms with Gasteiger partial charge in [0.15, 0.2) is 0 Å². The molecular weight excluding hydrogens is 382 g/mol. The van der Waals surface area contributed by atoms with Crippen molar-refractivity contribution in [1.29, 1.82) is 0 Å². The second kappa shape index (κ2) is 8.58. The van der Waals surface area contributed by atoms with E-state index in [1.54, 1.807) is 0 Å². The number of piperidine rings is 1. The van der Waals surface area contributed by atoms with E-state index < -0.39 is 5.60 Å². The van der Waals surface area contributed by atoms with Gasteiger partial charge in [-0.05, 0) is 48.1 Å². The molecular formula is C28H31NO2. The monoisotopic (exact) mass is 413 g/mol. The first-order valence-corrected chi connectivity index (χ1v) is 11.4. The number of hydrogen-bond donors (Lipinski definition) is 1. The van der Waals surface area contributed by atoms with Gasteiger partial charge in [-0.15, -0.1) is 0 Å². The van der Waals surface area contributed by atoms with E-state index in [0.29, 0.717) is 6.61 Å². The molecule has 160 valence electrons. The van der Waals surface area contributed by atoms with Crippen LogP contribution in [0.3, 0.4) is 0 Å². The van der Waals surface area contributed by atoms with Gasteiger partial charge in [-0.1, -0.05) is 84.9 Å². The summed E-state index contributed by atoms with van der Waals surface area (Å²) in [7, 11) is 0. The van der Waals surface area contributed by atoms with E-state index in [9.17, 15) is 5.11 Å². The van der Waals surface area contributed by atoms with Crippen LogP contribution in [0.1, 0.15) is 41.5 Å². The van der Waals surface area contributed by atoms with Crippen LogP contribution in [-0.4, -0.2) is 36.2 Å². The van der Waals surface area contributed by atoms with Crippen LogP contribution >= 0.6 is 0 Å². The molecule has 3 aromatic rings. The van der Waals surface area contributed by atoms with Crippen LogP contribution in [0.4, 0.5) is 0 Å². The average molecular weight is 414 g/mol. The van der Waals surface area contributed by atoms with Crippen molar-refractivity contribution in [2.75, 3.05) is 26.2 Å². The molecule has 2 aliphatic rings. The Morgan fingerprint density at radius 3 is 2.10 bits per heavy atom. The SMILES string of the molecule is OC1(c2ccccc2)CCN(CCC2(c3ccccc3)COCc3ccccc32)CC1. The van der Waals surface area contributed by atoms with E-state index in [-0.39, 0.29) is 5.41 Å². The zero-order chi connectivity index (χ0) is 21.2. The molecule has 0 saturated carbocycles. The molecule has 31 heavy (non-hydrogen) atoms. The van der Waals surface area contributed by atoms with Crippen LogP contribution in [0.5, 0.6) is 0 Å². The van der Waals surface area contributed by atoms with Crippen molar-refractivity contribution >= 4 is 0 Å². The molecule has 3 nitrogen and oxygen atoms in total. The van der Waals surface area contributed by atoms with Gasteiger partial charge in [0.2, 0.25) is 0 Å². The summed E-state index contributed by atoms with van der Waals surface area (Å²) in [5.74, 6) is 0. The highest BCUT2D eigenvalue weighted by molar-refractivity contribution is 5.45. The molecule has 0 aliphatic carbocycles. The Labute approximate surface area is 185 Å². The van der Waals surface area contributed by atoms with E-state index in [0.717, 1.165) is 51.1 Å². The molecule has 1 N–H and O–H groups in total. The molecule has 0 spiro atoms. The van der Waals surface area contributed by atoms with Crippen LogP contribution in [0.25, 0.3) is 0 Å². The highest BCUT2D eigenvalue weighted by Gasteiger charge is 2.40. The number of aliphatic hydroxyl groups is 1. The van der Waals surface area contributed by atoms with Gasteiger partial charge in [-0.2, -0.15) is 0 Å². The predicted octanol–water partition coefficient (Wildman–Crippen LogP) is 4.88. The molecule has 2 heterocycles. The smallest absolute Gasteiger partial charge is 0.0920 e. The van der Waals surface area contributed by atoms with Gasteiger partial charge in [0.1, 0.15) is 0 Å². The number of fused-ring (bicyclic) bond motifs is 1. The lowest BCUT2D eigenvalue weighted by molar-refractivity contribution is -0.0283. The van der Waals surface area contributed by atoms with Crippen molar-refractivity contribution in [3.05, 3.63) is 107 Å². The molecule has 1 unspecified atom stereocenters. The number of rotatable bonds is 5. The minimum Gasteiger partial charge on any atom is -0.385 e. The molecule has 3 aromatic carbocycles. The van der Waals surface area contributed by atoms with Gasteiger partial charge in [0.25, 0.3) is 0 Å². The first-order valence-electron chi connectivity index (χ1n) is 11.4. The molecule has 5 rings (SSSR count). The van der Waals surface area contributed by atoms with Crippen LogP contribution in [-0.2, 0) is 22.4 Å². The third-order valence-corrected chi connectivity index (χ3v) is 7.31. The van der Waals surface area contributed by atoms with Crippen LogP contribution in [0.2, 0.25) is 0 Å². The van der Waals surface area contributed by atoms with Crippen molar-refractivity contribution < 1.29 is 9.84 Å². The maximum atomic E-state index is 11.2. The molecule has 1 atom stereocenters. The molecule has 3 heteroatoms. The van der Waals surface area contributed by atoms with Gasteiger partial charge in [-0.3, -0.25) is 0 Å². The Morgan fingerprint density at radius 2 is 1.39 bits per heavy atom. The average Bonchev–Trinajstić information content (AvgIpc) is 2.85. The zero-order valence-electron chi connectivity index (χ0n) is 18.0. The molecule has 1 saturated heterocycles. The summed E-state index contributed by atoms with van der Waals surface area (Å²) in [6.45, 7) is 4.24. The van der Waals surface area contributed by atoms with E-state index in [1.807, 2.05) is 18.2 Å². The molecule has 2 aliphatic heterocycles. The van der Waals surface area contributed by atoms with Gasteiger partial charge in [-0.25, -0.2) is 0 Å². The number of hydrogen-bond acceptors (Lipinski definition) is 3. The van der Waals surface area contributed by atoms with E-state index >= 15 is 0 Å². The summed E-state index contributed by atoms with van der Waals surface area (Å²) in [5.41, 5.74) is 4.27. The predicted molar refractivity (Wildman–Crippen MR) is 124 cm³/mol. The van der Waals surface area contributed by atoms with Gasteiger partial charge >= 0.3 is 0 Å². The summed E-state index contributed by atoms with van der Waals surface area (Å²) in [5, 5.41) is 11.2. The maximum Gasteiger partial charge on any atom is 0.0920 e. The Morgan fingerprint density at radius 1 is 0.774 bits per heavy atom. The largest absolute Gasteiger partial charge is 0.385 e. The summed E-state index contributed by atoms with van der Waals surface area (Å²) in [6, 6.07) is 29.7. The molecule has 0 aromatic heterocycles. The lowest BCUT2D eigenvalue weighted by Crippen LogP contribution is -2.46. The number of likely N-dealkylation sites (tertiary alicyclic amines) is 1. The van der Waals surface area contributed by atoms with Gasteiger partial charge < -0.3 is 14.7 Å². The van der Waals surface area contributed by atoms with Gasteiger partial charge in [0, 0.05) is 18.5 Å². The van der Waals surface area contributed by atoms with E-state index in [4.69, 9.17) is 4.74 Å². The fourth-order valence-electron chi connectivity index (χ4n) is 5.41. The third-order valence-electron chi connectivity index (χ3n) is 7.31. The molecule has 0 amide bonds. The van der Waals surface area contributed by atoms with Crippen molar-refractivity contribution in [2.45, 2.75) is 36.9 Å². The summed E-state index contributed by atoms with van der Waals surface area (Å²) in [6.07, 6.45) is 2.57. The summed E-state index contributed by atoms with van der Waals surface area (Å²) in [4.78, 5) is 2.51. The summed E-state index contributed by atoms with van der Waals surface area (Å²) < 4.78 is 6.14. The van der Waals surface area contributed by atoms with Crippen LogP contribution < -0.4 is 0 Å². The maximum absolute atomic E-state index is 11.2. The Hall–Kier alpha value is -2.46. The highest BCUT2D eigenvalue weighted by Crippen LogP contribution is 2.42. The first kappa shape index (κ1) is 20.4. The number of ether oxygens (including phenoxy) is 1. The van der Waals surface area contributed by atoms with Crippen molar-refractivity contribution in [3.8, 4) is 0 Å². The summed E-state index contributed by atoms with van der Waals surface area (Å²) >= 11 is 0. The molecule has 1 fully saturated rings. The van der Waals surface area contributed by atoms with Crippen molar-refractivity contribution in [3.63, 3.8) is 0 Å². The van der Waals surface area contributed by atoms with Gasteiger partial charge in [0.05, 0.1) is 18.8 Å². The second-order valence-electron chi connectivity index (χ2n) is 9.09. The van der Waals surface area contributed by atoms with Crippen LogP contribution in [0.15, 0.2) is 84.9 Å². The minimum atomic E-state index is -0.699. The Balaban J connectivity index is 1.35. The topological polar surface area (TPSA) is 32.7 Å². The second-order valence-corrected chi connectivity index (χ2v) is 9.09. The fourth-order valence-corrected chi connectivity index (χ4v) is 5.41. The quantitative estimate of drug-likeness (QED) is 0.647. The Bertz CT molecular complexity index is 996. The Kier molecular flexibility index (Phi) is 5.66. The standard InChI is InChI=1S/C28H31NO2/c30-28(25-12-5-2-6-13-25)16-19-29(20-17-28)18-15-27(24-10-3-1-4-11-24)22-31-21-23-9-7-8-14-26(23)27/h1-14,30H,15-22H2. The number of nitrogens with zero attached hydrogens (tertiary/aromatic N) is 1. The van der Waals surface area contributed by atoms with E-state index in [1.165, 1.54) is 16.7 Å².